The first-order chi connectivity index (χ1) is 21.2. The summed E-state index contributed by atoms with van der Waals surface area (Å²) >= 11 is 0. The lowest BCUT2D eigenvalue weighted by molar-refractivity contribution is -0.129. The Morgan fingerprint density at radius 3 is 2.47 bits per heavy atom. The lowest BCUT2D eigenvalue weighted by Crippen LogP contribution is -2.49. The quantitative estimate of drug-likeness (QED) is 0.395. The van der Waals surface area contributed by atoms with Crippen molar-refractivity contribution in [3.05, 3.63) is 56.4 Å². The molecule has 10 nitrogen and oxygen atoms in total. The number of nitrogens with one attached hydrogen (secondary N) is 2. The first kappa shape index (κ1) is 33.3. The number of hydrogen-bond acceptors (Lipinski definition) is 8. The maximum Gasteiger partial charge on any atom is 0.390 e. The van der Waals surface area contributed by atoms with Crippen LogP contribution in [0.4, 0.5) is 17.6 Å². The number of likely N-dealkylation sites (N-methyl/N-ethyl adjacent to an activating group) is 1. The van der Waals surface area contributed by atoms with Gasteiger partial charge in [-0.15, -0.1) is 0 Å². The molecular weight excluding hydrogens is 616 g/mol. The predicted octanol–water partition coefficient (Wildman–Crippen LogP) is 2.70. The van der Waals surface area contributed by atoms with Gasteiger partial charge in [-0.1, -0.05) is 6.08 Å². The first-order valence-electron chi connectivity index (χ1n) is 15.3. The molecule has 0 bridgehead atoms. The summed E-state index contributed by atoms with van der Waals surface area (Å²) in [6, 6.07) is 2.09. The smallest absolute Gasteiger partial charge is 0.377 e. The van der Waals surface area contributed by atoms with Crippen LogP contribution >= 0.6 is 0 Å². The van der Waals surface area contributed by atoms with Gasteiger partial charge in [0.05, 0.1) is 30.5 Å². The number of hydrogen-bond donors (Lipinski definition) is 2. The molecule has 15 heteroatoms. The van der Waals surface area contributed by atoms with Crippen LogP contribution in [0.1, 0.15) is 70.4 Å². The molecule has 0 radical (unpaired) electrons. The third-order valence-corrected chi connectivity index (χ3v) is 9.98. The Morgan fingerprint density at radius 2 is 1.87 bits per heavy atom. The second kappa shape index (κ2) is 13.4. The van der Waals surface area contributed by atoms with E-state index in [1.54, 1.807) is 10.6 Å². The zero-order valence-corrected chi connectivity index (χ0v) is 26.5. The van der Waals surface area contributed by atoms with Crippen LogP contribution in [0.25, 0.3) is 5.57 Å². The summed E-state index contributed by atoms with van der Waals surface area (Å²) in [7, 11) is -2.27. The molecule has 248 valence electrons. The highest BCUT2D eigenvalue weighted by Gasteiger charge is 2.31. The van der Waals surface area contributed by atoms with Crippen LogP contribution in [0.3, 0.4) is 0 Å². The van der Waals surface area contributed by atoms with Crippen LogP contribution < -0.4 is 26.3 Å². The second-order valence-electron chi connectivity index (χ2n) is 12.4. The summed E-state index contributed by atoms with van der Waals surface area (Å²) in [4.78, 5) is 25.4. The molecular formula is C30H40F4N6O4S. The molecule has 3 heterocycles. The average molecular weight is 657 g/mol. The van der Waals surface area contributed by atoms with Crippen molar-refractivity contribution < 1.29 is 30.7 Å². The molecule has 0 aromatic carbocycles. The maximum absolute atomic E-state index is 15.0. The monoisotopic (exact) mass is 656 g/mol. The zero-order valence-electron chi connectivity index (χ0n) is 25.7. The van der Waals surface area contributed by atoms with Gasteiger partial charge in [-0.3, -0.25) is 14.1 Å². The van der Waals surface area contributed by atoms with E-state index < -0.39 is 46.3 Å². The number of guanidine groups is 1. The van der Waals surface area contributed by atoms with Crippen molar-refractivity contribution in [1.82, 2.24) is 19.5 Å². The van der Waals surface area contributed by atoms with Gasteiger partial charge in [-0.2, -0.15) is 18.2 Å². The number of halogens is 4. The summed E-state index contributed by atoms with van der Waals surface area (Å²) in [6.45, 7) is 5.78. The van der Waals surface area contributed by atoms with Gasteiger partial charge in [-0.25, -0.2) is 17.8 Å². The van der Waals surface area contributed by atoms with Crippen molar-refractivity contribution in [3.8, 4) is 0 Å². The van der Waals surface area contributed by atoms with Gasteiger partial charge in [0.25, 0.3) is 5.56 Å². The van der Waals surface area contributed by atoms with Crippen molar-refractivity contribution in [2.75, 3.05) is 26.0 Å². The van der Waals surface area contributed by atoms with Crippen LogP contribution in [0, 0.1) is 0 Å². The Morgan fingerprint density at radius 1 is 1.16 bits per heavy atom. The van der Waals surface area contributed by atoms with Gasteiger partial charge in [-0.05, 0) is 70.7 Å². The van der Waals surface area contributed by atoms with E-state index in [-0.39, 0.29) is 29.4 Å². The largest absolute Gasteiger partial charge is 0.390 e. The van der Waals surface area contributed by atoms with E-state index in [0.717, 1.165) is 51.3 Å². The Balaban J connectivity index is 1.31. The van der Waals surface area contributed by atoms with Crippen molar-refractivity contribution in [2.45, 2.75) is 95.7 Å². The van der Waals surface area contributed by atoms with Crippen molar-refractivity contribution in [3.63, 3.8) is 0 Å². The lowest BCUT2D eigenvalue weighted by atomic mass is 9.90. The summed E-state index contributed by atoms with van der Waals surface area (Å²) < 4.78 is 85.7. The van der Waals surface area contributed by atoms with Crippen molar-refractivity contribution in [2.24, 2.45) is 9.98 Å². The average Bonchev–Trinajstić information content (AvgIpc) is 2.94. The highest BCUT2D eigenvalue weighted by atomic mass is 32.2. The van der Waals surface area contributed by atoms with Gasteiger partial charge >= 0.3 is 6.18 Å². The standard InChI is InChI=1S/C30H40F4N6O4S/c1-18(2)40-27-20(16-35-29(37-27)36-21-5-7-22(8-6-21)39(3)17-23-10-12-44-23)14-24(28(40)41)19-4-9-26(25(31)15-19)38-45(42,43)13-11-30(32,33)34/h4,9,14,18,21-23,38H,5-8,10-13,15-17H2,1-3H3,(H,35,36). The van der Waals surface area contributed by atoms with Gasteiger partial charge in [0.2, 0.25) is 16.0 Å². The molecule has 45 heavy (non-hydrogen) atoms. The first-order valence-corrected chi connectivity index (χ1v) is 17.0. The molecule has 1 aromatic rings. The number of aliphatic imine (C=N–C) groups is 1. The van der Waals surface area contributed by atoms with Crippen LogP contribution in [-0.4, -0.2) is 74.2 Å². The van der Waals surface area contributed by atoms with E-state index in [4.69, 9.17) is 9.73 Å². The topological polar surface area (TPSA) is 117 Å². The minimum atomic E-state index is -4.66. The molecule has 0 spiro atoms. The fraction of sp³-hybridized carbons (Fsp3) is 0.633. The van der Waals surface area contributed by atoms with E-state index in [2.05, 4.69) is 22.3 Å². The Labute approximate surface area is 259 Å². The number of pyridine rings is 1. The highest BCUT2D eigenvalue weighted by Crippen LogP contribution is 2.26. The van der Waals surface area contributed by atoms with Gasteiger partial charge in [0, 0.05) is 48.5 Å². The van der Waals surface area contributed by atoms with E-state index in [1.165, 1.54) is 6.08 Å². The number of ether oxygens (including phenoxy) is 1. The Kier molecular flexibility index (Phi) is 9.90. The fourth-order valence-electron chi connectivity index (χ4n) is 6.09. The molecule has 4 aliphatic rings. The third kappa shape index (κ3) is 8.22. The summed E-state index contributed by atoms with van der Waals surface area (Å²) in [6.07, 6.45) is 1.43. The van der Waals surface area contributed by atoms with E-state index in [1.807, 2.05) is 18.6 Å². The van der Waals surface area contributed by atoms with E-state index in [0.29, 0.717) is 34.7 Å². The van der Waals surface area contributed by atoms with E-state index >= 15 is 4.39 Å². The second-order valence-corrected chi connectivity index (χ2v) is 14.3. The van der Waals surface area contributed by atoms with Crippen molar-refractivity contribution >= 4 is 21.6 Å². The van der Waals surface area contributed by atoms with Crippen LogP contribution in [0.15, 0.2) is 44.5 Å². The maximum atomic E-state index is 15.0. The Hall–Kier alpha value is -3.04. The Bertz CT molecular complexity index is 1670. The zero-order chi connectivity index (χ0) is 32.5. The molecule has 2 N–H and O–H groups in total. The highest BCUT2D eigenvalue weighted by molar-refractivity contribution is 7.89. The summed E-state index contributed by atoms with van der Waals surface area (Å²) in [5, 5.41) is 3.69. The van der Waals surface area contributed by atoms with Gasteiger partial charge in [0.15, 0.2) is 0 Å². The van der Waals surface area contributed by atoms with Gasteiger partial charge in [0.1, 0.15) is 11.3 Å². The molecule has 2 fully saturated rings. The van der Waals surface area contributed by atoms with Gasteiger partial charge < -0.3 is 15.0 Å². The number of nitrogens with zero attached hydrogens (tertiary/aromatic N) is 4. The number of fused-ring (bicyclic) bond motifs is 1. The van der Waals surface area contributed by atoms with Crippen molar-refractivity contribution in [1.29, 1.82) is 0 Å². The molecule has 1 atom stereocenters. The van der Waals surface area contributed by atoms with Crippen LogP contribution in [-0.2, 0) is 21.3 Å². The minimum absolute atomic E-state index is 0.218. The predicted molar refractivity (Wildman–Crippen MR) is 162 cm³/mol. The van der Waals surface area contributed by atoms with Crippen LogP contribution in [0.2, 0.25) is 0 Å². The lowest BCUT2D eigenvalue weighted by Gasteiger charge is -2.38. The SMILES string of the molecule is CC(C)n1c2c(cc(=C3C=CC(NS(=O)(=O)CCC(F)(F)F)=C(F)C3)c1=O)CN=C(NC1CCC(N(C)CC3CCO3)CC1)N=2. The number of rotatable bonds is 9. The molecule has 2 aliphatic carbocycles. The van der Waals surface area contributed by atoms with E-state index in [9.17, 15) is 26.4 Å². The molecule has 2 aliphatic heterocycles. The molecule has 5 rings (SSSR count). The number of aromatic nitrogens is 1. The number of allylic oxidation sites excluding steroid dienone is 3. The number of sulfonamides is 1. The number of alkyl halides is 3. The minimum Gasteiger partial charge on any atom is -0.377 e. The summed E-state index contributed by atoms with van der Waals surface area (Å²) in [5.41, 5.74) is 0.656. The normalized spacial score (nSPS) is 25.1. The molecule has 1 saturated carbocycles. The molecule has 1 aromatic heterocycles. The fourth-order valence-corrected chi connectivity index (χ4v) is 7.20. The van der Waals surface area contributed by atoms with Crippen LogP contribution in [0.5, 0.6) is 0 Å². The molecule has 0 amide bonds. The molecule has 1 unspecified atom stereocenters. The molecule has 1 saturated heterocycles. The summed E-state index contributed by atoms with van der Waals surface area (Å²) in [5.74, 6) is -1.65. The third-order valence-electron chi connectivity index (χ3n) is 8.70.